The number of carbonyl (C=O) groups is 2. The third kappa shape index (κ3) is 4.29. The average Bonchev–Trinajstić information content (AvgIpc) is 2.64. The van der Waals surface area contributed by atoms with Gasteiger partial charge >= 0.3 is 5.97 Å². The van der Waals surface area contributed by atoms with Gasteiger partial charge in [0.1, 0.15) is 18.9 Å². The normalized spacial score (nSPS) is 13.0. The number of non-ortho nitro benzene ring substituents is 1. The van der Waals surface area contributed by atoms with Gasteiger partial charge in [0.15, 0.2) is 6.61 Å². The molecule has 0 atom stereocenters. The summed E-state index contributed by atoms with van der Waals surface area (Å²) in [6.07, 6.45) is 0. The van der Waals surface area contributed by atoms with Crippen LogP contribution in [0.1, 0.15) is 5.56 Å². The summed E-state index contributed by atoms with van der Waals surface area (Å²) in [5, 5.41) is 11.7. The number of nitro groups is 1. The fourth-order valence-electron chi connectivity index (χ4n) is 2.45. The Bertz CT molecular complexity index is 934. The van der Waals surface area contributed by atoms with E-state index in [-0.39, 0.29) is 30.3 Å². The van der Waals surface area contributed by atoms with Crippen LogP contribution in [0.5, 0.6) is 5.75 Å². The molecule has 1 heterocycles. The molecule has 0 saturated carbocycles. The molecule has 8 nitrogen and oxygen atoms in total. The molecular formula is C17H12Cl2N2O6. The third-order valence-electron chi connectivity index (χ3n) is 3.77. The molecule has 0 saturated heterocycles. The van der Waals surface area contributed by atoms with Crippen LogP contribution in [0.3, 0.4) is 0 Å². The van der Waals surface area contributed by atoms with Gasteiger partial charge in [0, 0.05) is 12.1 Å². The van der Waals surface area contributed by atoms with Gasteiger partial charge in [-0.3, -0.25) is 24.6 Å². The molecule has 1 aliphatic rings. The van der Waals surface area contributed by atoms with Gasteiger partial charge in [0.05, 0.1) is 20.7 Å². The van der Waals surface area contributed by atoms with Crippen molar-refractivity contribution >= 4 is 46.5 Å². The molecule has 140 valence electrons. The zero-order valence-corrected chi connectivity index (χ0v) is 15.2. The molecule has 0 N–H and O–H groups in total. The number of benzene rings is 2. The number of nitrogens with zero attached hydrogens (tertiary/aromatic N) is 2. The highest BCUT2D eigenvalue weighted by atomic mass is 35.5. The molecule has 2 aromatic carbocycles. The number of hydrogen-bond acceptors (Lipinski definition) is 6. The number of amides is 1. The van der Waals surface area contributed by atoms with Crippen molar-refractivity contribution in [3.8, 4) is 5.75 Å². The predicted molar refractivity (Wildman–Crippen MR) is 97.2 cm³/mol. The summed E-state index contributed by atoms with van der Waals surface area (Å²) in [7, 11) is 0. The number of halogens is 2. The van der Waals surface area contributed by atoms with Gasteiger partial charge in [-0.05, 0) is 23.8 Å². The molecule has 2 aromatic rings. The van der Waals surface area contributed by atoms with E-state index >= 15 is 0 Å². The van der Waals surface area contributed by atoms with Crippen molar-refractivity contribution in [1.29, 1.82) is 0 Å². The molecule has 0 unspecified atom stereocenters. The van der Waals surface area contributed by atoms with E-state index in [2.05, 4.69) is 0 Å². The molecule has 0 radical (unpaired) electrons. The number of carbonyl (C=O) groups excluding carboxylic acids is 2. The number of ether oxygens (including phenoxy) is 2. The van der Waals surface area contributed by atoms with Gasteiger partial charge < -0.3 is 9.47 Å². The summed E-state index contributed by atoms with van der Waals surface area (Å²) in [6, 6.07) is 8.62. The second-order valence-corrected chi connectivity index (χ2v) is 6.40. The fourth-order valence-corrected chi connectivity index (χ4v) is 2.77. The highest BCUT2D eigenvalue weighted by Gasteiger charge is 2.29. The van der Waals surface area contributed by atoms with Crippen LogP contribution in [-0.4, -0.2) is 30.0 Å². The van der Waals surface area contributed by atoms with E-state index in [0.29, 0.717) is 15.6 Å². The Hall–Kier alpha value is -2.84. The molecule has 27 heavy (non-hydrogen) atoms. The Labute approximate surface area is 163 Å². The molecule has 3 rings (SSSR count). The molecule has 0 aromatic heterocycles. The number of esters is 1. The van der Waals surface area contributed by atoms with Gasteiger partial charge in [-0.15, -0.1) is 0 Å². The number of anilines is 1. The Morgan fingerprint density at radius 1 is 1.22 bits per heavy atom. The van der Waals surface area contributed by atoms with E-state index in [9.17, 15) is 19.7 Å². The van der Waals surface area contributed by atoms with Crippen LogP contribution in [-0.2, 0) is 20.9 Å². The summed E-state index contributed by atoms with van der Waals surface area (Å²) in [6.45, 7) is -0.737. The Morgan fingerprint density at radius 3 is 2.70 bits per heavy atom. The monoisotopic (exact) mass is 410 g/mol. The second-order valence-electron chi connectivity index (χ2n) is 5.59. The maximum Gasteiger partial charge on any atom is 0.326 e. The van der Waals surface area contributed by atoms with Gasteiger partial charge in [-0.2, -0.15) is 0 Å². The molecule has 0 fully saturated rings. The zero-order valence-electron chi connectivity index (χ0n) is 13.7. The largest absolute Gasteiger partial charge is 0.482 e. The van der Waals surface area contributed by atoms with Gasteiger partial charge in [-0.1, -0.05) is 29.3 Å². The predicted octanol–water partition coefficient (Wildman–Crippen LogP) is 3.37. The lowest BCUT2D eigenvalue weighted by molar-refractivity contribution is -0.384. The summed E-state index contributed by atoms with van der Waals surface area (Å²) < 4.78 is 10.4. The van der Waals surface area contributed by atoms with Crippen LogP contribution < -0.4 is 9.64 Å². The van der Waals surface area contributed by atoms with Crippen molar-refractivity contribution in [2.75, 3.05) is 18.1 Å². The Kier molecular flexibility index (Phi) is 5.48. The first-order valence-electron chi connectivity index (χ1n) is 7.66. The third-order valence-corrected chi connectivity index (χ3v) is 4.51. The number of nitro benzene ring substituents is 1. The highest BCUT2D eigenvalue weighted by molar-refractivity contribution is 6.42. The Balaban J connectivity index is 1.72. The summed E-state index contributed by atoms with van der Waals surface area (Å²) in [5.74, 6) is -0.916. The summed E-state index contributed by atoms with van der Waals surface area (Å²) in [4.78, 5) is 35.7. The smallest absolute Gasteiger partial charge is 0.326 e. The summed E-state index contributed by atoms with van der Waals surface area (Å²) in [5.41, 5.74) is 0.551. The quantitative estimate of drug-likeness (QED) is 0.425. The summed E-state index contributed by atoms with van der Waals surface area (Å²) >= 11 is 11.7. The van der Waals surface area contributed by atoms with Crippen LogP contribution in [0.25, 0.3) is 0 Å². The fraction of sp³-hybridized carbons (Fsp3) is 0.176. The lowest BCUT2D eigenvalue weighted by Crippen LogP contribution is -2.42. The van der Waals surface area contributed by atoms with E-state index < -0.39 is 23.3 Å². The molecule has 1 aliphatic heterocycles. The van der Waals surface area contributed by atoms with E-state index in [1.54, 1.807) is 18.2 Å². The highest BCUT2D eigenvalue weighted by Crippen LogP contribution is 2.35. The molecule has 0 bridgehead atoms. The van der Waals surface area contributed by atoms with Crippen LogP contribution in [0.15, 0.2) is 36.4 Å². The van der Waals surface area contributed by atoms with E-state index in [0.717, 1.165) is 4.90 Å². The van der Waals surface area contributed by atoms with Gasteiger partial charge in [-0.25, -0.2) is 0 Å². The lowest BCUT2D eigenvalue weighted by Gasteiger charge is -2.28. The first-order chi connectivity index (χ1) is 12.8. The topological polar surface area (TPSA) is 99.0 Å². The maximum atomic E-state index is 12.2. The molecule has 0 spiro atoms. The number of hydrogen-bond donors (Lipinski definition) is 0. The van der Waals surface area contributed by atoms with Crippen molar-refractivity contribution in [2.45, 2.75) is 6.61 Å². The Morgan fingerprint density at radius 2 is 2.00 bits per heavy atom. The van der Waals surface area contributed by atoms with Crippen molar-refractivity contribution in [3.05, 3.63) is 62.1 Å². The maximum absolute atomic E-state index is 12.2. The van der Waals surface area contributed by atoms with Crippen molar-refractivity contribution in [1.82, 2.24) is 0 Å². The van der Waals surface area contributed by atoms with Gasteiger partial charge in [0.25, 0.3) is 11.6 Å². The van der Waals surface area contributed by atoms with Crippen molar-refractivity contribution < 1.29 is 24.0 Å². The second kappa shape index (κ2) is 7.81. The van der Waals surface area contributed by atoms with Gasteiger partial charge in [0.2, 0.25) is 0 Å². The molecule has 1 amide bonds. The lowest BCUT2D eigenvalue weighted by atomic mass is 10.2. The van der Waals surface area contributed by atoms with E-state index in [4.69, 9.17) is 32.7 Å². The standard InChI is InChI=1S/C17H12Cl2N2O6/c18-12-3-1-10(5-13(12)19)8-27-17(23)7-20-14-6-11(21(24)25)2-4-15(14)26-9-16(20)22/h1-6H,7-9H2. The molecular weight excluding hydrogens is 399 g/mol. The first-order valence-corrected chi connectivity index (χ1v) is 8.42. The van der Waals surface area contributed by atoms with Crippen molar-refractivity contribution in [2.24, 2.45) is 0 Å². The molecule has 10 heteroatoms. The SMILES string of the molecule is O=C(CN1C(=O)COc2ccc([N+](=O)[O-])cc21)OCc1ccc(Cl)c(Cl)c1. The van der Waals surface area contributed by atoms with Crippen LogP contribution >= 0.6 is 23.2 Å². The van der Waals surface area contributed by atoms with E-state index in [1.807, 2.05) is 0 Å². The average molecular weight is 411 g/mol. The van der Waals surface area contributed by atoms with Crippen LogP contribution in [0.2, 0.25) is 10.0 Å². The minimum Gasteiger partial charge on any atom is -0.482 e. The van der Waals surface area contributed by atoms with Crippen LogP contribution in [0.4, 0.5) is 11.4 Å². The first kappa shape index (κ1) is 18.9. The van der Waals surface area contributed by atoms with Crippen molar-refractivity contribution in [3.63, 3.8) is 0 Å². The van der Waals surface area contributed by atoms with Crippen LogP contribution in [0, 0.1) is 10.1 Å². The molecule has 0 aliphatic carbocycles. The zero-order chi connectivity index (χ0) is 19.6. The minimum atomic E-state index is -0.686. The minimum absolute atomic E-state index is 0.0595. The number of fused-ring (bicyclic) bond motifs is 1. The van der Waals surface area contributed by atoms with E-state index in [1.165, 1.54) is 18.2 Å². The number of rotatable bonds is 5.